The van der Waals surface area contributed by atoms with E-state index in [1.54, 1.807) is 0 Å². The molecule has 0 aliphatic rings. The maximum atomic E-state index is 10.5. The molecule has 0 saturated carbocycles. The molecule has 1 rings (SSSR count). The Kier molecular flexibility index (Phi) is 2.25. The number of hydrogen-bond acceptors (Lipinski definition) is 4. The molecule has 1 heterocycles. The van der Waals surface area contributed by atoms with Crippen molar-refractivity contribution in [2.75, 3.05) is 0 Å². The molecule has 0 atom stereocenters. The van der Waals surface area contributed by atoms with Crippen molar-refractivity contribution in [3.63, 3.8) is 0 Å². The number of carboxylic acid groups (broad SMARTS) is 1. The number of nitrogens with zero attached hydrogens (tertiary/aromatic N) is 1. The van der Waals surface area contributed by atoms with E-state index in [4.69, 9.17) is 10.8 Å². The second kappa shape index (κ2) is 3.02. The fourth-order valence-electron chi connectivity index (χ4n) is 0.648. The van der Waals surface area contributed by atoms with E-state index in [2.05, 4.69) is 25.6 Å². The predicted octanol–water partition coefficient (Wildman–Crippen LogP) is 0.594. The fourth-order valence-corrected chi connectivity index (χ4v) is 1.11. The number of aromatic nitrogens is 1. The Morgan fingerprint density at radius 3 is 2.82 bits per heavy atom. The first-order valence-electron chi connectivity index (χ1n) is 2.74. The van der Waals surface area contributed by atoms with E-state index in [9.17, 15) is 4.79 Å². The molecule has 0 fully saturated rings. The van der Waals surface area contributed by atoms with Crippen LogP contribution in [0, 0.1) is 0 Å². The van der Waals surface area contributed by atoms with Crippen molar-refractivity contribution < 1.29 is 14.4 Å². The first-order chi connectivity index (χ1) is 5.16. The standard InChI is InChI=1S/C5H5BrN2O3/c6-4-3(5(9)10)2(1-7)11-8-4/h1,7H2,(H,9,10). The molecule has 3 N–H and O–H groups in total. The van der Waals surface area contributed by atoms with Crippen LogP contribution in [-0.2, 0) is 6.54 Å². The molecule has 1 aromatic heterocycles. The van der Waals surface area contributed by atoms with E-state index in [1.807, 2.05) is 0 Å². The summed E-state index contributed by atoms with van der Waals surface area (Å²) in [6.45, 7) is 0.0280. The van der Waals surface area contributed by atoms with Crippen molar-refractivity contribution >= 4 is 21.9 Å². The van der Waals surface area contributed by atoms with Crippen LogP contribution in [0.3, 0.4) is 0 Å². The minimum atomic E-state index is -1.10. The van der Waals surface area contributed by atoms with Gasteiger partial charge in [0.1, 0.15) is 5.56 Å². The van der Waals surface area contributed by atoms with Crippen molar-refractivity contribution in [2.24, 2.45) is 5.73 Å². The van der Waals surface area contributed by atoms with E-state index >= 15 is 0 Å². The van der Waals surface area contributed by atoms with Crippen LogP contribution in [0.4, 0.5) is 0 Å². The van der Waals surface area contributed by atoms with Gasteiger partial charge in [0, 0.05) is 0 Å². The summed E-state index contributed by atoms with van der Waals surface area (Å²) in [5, 5.41) is 12.0. The van der Waals surface area contributed by atoms with Gasteiger partial charge < -0.3 is 15.4 Å². The molecule has 1 aromatic rings. The van der Waals surface area contributed by atoms with Gasteiger partial charge in [-0.3, -0.25) is 0 Å². The lowest BCUT2D eigenvalue weighted by Crippen LogP contribution is -2.04. The Hall–Kier alpha value is -0.880. The van der Waals surface area contributed by atoms with Gasteiger partial charge in [0.15, 0.2) is 10.4 Å². The molecule has 0 unspecified atom stereocenters. The van der Waals surface area contributed by atoms with Crippen LogP contribution in [-0.4, -0.2) is 16.2 Å². The average molecular weight is 221 g/mol. The molecule has 0 aromatic carbocycles. The predicted molar refractivity (Wildman–Crippen MR) is 39.1 cm³/mol. The maximum Gasteiger partial charge on any atom is 0.342 e. The first-order valence-corrected chi connectivity index (χ1v) is 3.53. The number of aromatic carboxylic acids is 1. The second-order valence-corrected chi connectivity index (χ2v) is 2.53. The lowest BCUT2D eigenvalue weighted by molar-refractivity contribution is 0.0693. The van der Waals surface area contributed by atoms with Crippen LogP contribution in [0.2, 0.25) is 0 Å². The average Bonchev–Trinajstić information content (AvgIpc) is 2.30. The van der Waals surface area contributed by atoms with Crippen molar-refractivity contribution in [3.05, 3.63) is 15.9 Å². The highest BCUT2D eigenvalue weighted by atomic mass is 79.9. The summed E-state index contributed by atoms with van der Waals surface area (Å²) in [5.41, 5.74) is 5.18. The third kappa shape index (κ3) is 1.41. The van der Waals surface area contributed by atoms with Crippen molar-refractivity contribution in [1.29, 1.82) is 0 Å². The zero-order chi connectivity index (χ0) is 8.43. The van der Waals surface area contributed by atoms with Gasteiger partial charge in [0.2, 0.25) is 0 Å². The fraction of sp³-hybridized carbons (Fsp3) is 0.200. The monoisotopic (exact) mass is 220 g/mol. The molecule has 0 aliphatic carbocycles. The van der Waals surface area contributed by atoms with Crippen LogP contribution < -0.4 is 5.73 Å². The molecule has 0 aliphatic heterocycles. The van der Waals surface area contributed by atoms with E-state index in [1.165, 1.54) is 0 Å². The van der Waals surface area contributed by atoms with Gasteiger partial charge in [-0.15, -0.1) is 0 Å². The third-order valence-corrected chi connectivity index (χ3v) is 1.66. The Morgan fingerprint density at radius 1 is 1.82 bits per heavy atom. The van der Waals surface area contributed by atoms with Gasteiger partial charge in [0.25, 0.3) is 0 Å². The lowest BCUT2D eigenvalue weighted by atomic mass is 10.3. The van der Waals surface area contributed by atoms with Crippen LogP contribution in [0.5, 0.6) is 0 Å². The SMILES string of the molecule is NCc1onc(Br)c1C(=O)O. The molecular formula is C5H5BrN2O3. The highest BCUT2D eigenvalue weighted by molar-refractivity contribution is 9.10. The highest BCUT2D eigenvalue weighted by Gasteiger charge is 2.18. The summed E-state index contributed by atoms with van der Waals surface area (Å²) >= 11 is 2.92. The number of carbonyl (C=O) groups is 1. The summed E-state index contributed by atoms with van der Waals surface area (Å²) in [7, 11) is 0. The molecule has 11 heavy (non-hydrogen) atoms. The summed E-state index contributed by atoms with van der Waals surface area (Å²) < 4.78 is 4.77. The molecule has 0 saturated heterocycles. The van der Waals surface area contributed by atoms with Gasteiger partial charge in [-0.05, 0) is 15.9 Å². The van der Waals surface area contributed by atoms with Crippen molar-refractivity contribution in [3.8, 4) is 0 Å². The largest absolute Gasteiger partial charge is 0.477 e. The van der Waals surface area contributed by atoms with E-state index < -0.39 is 5.97 Å². The van der Waals surface area contributed by atoms with Crippen LogP contribution in [0.1, 0.15) is 16.1 Å². The summed E-state index contributed by atoms with van der Waals surface area (Å²) in [5.74, 6) is -0.928. The van der Waals surface area contributed by atoms with Gasteiger partial charge in [-0.1, -0.05) is 5.16 Å². The zero-order valence-electron chi connectivity index (χ0n) is 5.37. The van der Waals surface area contributed by atoms with Crippen LogP contribution in [0.15, 0.2) is 9.13 Å². The summed E-state index contributed by atoms with van der Waals surface area (Å²) in [6, 6.07) is 0. The van der Waals surface area contributed by atoms with Crippen LogP contribution >= 0.6 is 15.9 Å². The van der Waals surface area contributed by atoms with Crippen molar-refractivity contribution in [2.45, 2.75) is 6.54 Å². The quantitative estimate of drug-likeness (QED) is 0.762. The third-order valence-electron chi connectivity index (χ3n) is 1.12. The Bertz CT molecular complexity index is 283. The number of hydrogen-bond donors (Lipinski definition) is 2. The maximum absolute atomic E-state index is 10.5. The van der Waals surface area contributed by atoms with Gasteiger partial charge in [-0.2, -0.15) is 0 Å². The van der Waals surface area contributed by atoms with E-state index in [0.29, 0.717) is 0 Å². The molecule has 5 nitrogen and oxygen atoms in total. The highest BCUT2D eigenvalue weighted by Crippen LogP contribution is 2.18. The smallest absolute Gasteiger partial charge is 0.342 e. The Labute approximate surface area is 70.3 Å². The van der Waals surface area contributed by atoms with E-state index in [-0.39, 0.29) is 22.5 Å². The number of nitrogens with two attached hydrogens (primary N) is 1. The molecule has 6 heteroatoms. The number of halogens is 1. The second-order valence-electron chi connectivity index (χ2n) is 1.78. The van der Waals surface area contributed by atoms with Gasteiger partial charge in [0.05, 0.1) is 6.54 Å². The molecule has 0 bridgehead atoms. The van der Waals surface area contributed by atoms with Crippen molar-refractivity contribution in [1.82, 2.24) is 5.16 Å². The van der Waals surface area contributed by atoms with Crippen LogP contribution in [0.25, 0.3) is 0 Å². The van der Waals surface area contributed by atoms with E-state index in [0.717, 1.165) is 0 Å². The Balaban J connectivity index is 3.17. The molecular weight excluding hydrogens is 216 g/mol. The zero-order valence-corrected chi connectivity index (χ0v) is 6.96. The molecule has 0 amide bonds. The Morgan fingerprint density at radius 2 is 2.45 bits per heavy atom. The normalized spacial score (nSPS) is 10.0. The topological polar surface area (TPSA) is 89.4 Å². The number of rotatable bonds is 2. The minimum Gasteiger partial charge on any atom is -0.477 e. The lowest BCUT2D eigenvalue weighted by Gasteiger charge is -1.89. The first kappa shape index (κ1) is 8.22. The number of carboxylic acids is 1. The summed E-state index contributed by atoms with van der Waals surface area (Å²) in [4.78, 5) is 10.5. The molecule has 60 valence electrons. The summed E-state index contributed by atoms with van der Waals surface area (Å²) in [6.07, 6.45) is 0. The van der Waals surface area contributed by atoms with Gasteiger partial charge >= 0.3 is 5.97 Å². The molecule has 0 radical (unpaired) electrons. The van der Waals surface area contributed by atoms with Gasteiger partial charge in [-0.25, -0.2) is 4.79 Å². The molecule has 0 spiro atoms. The minimum absolute atomic E-state index is 0.00694.